The molecule has 1 saturated heterocycles. The molecule has 1 aromatic rings. The van der Waals surface area contributed by atoms with E-state index < -0.39 is 17.2 Å². The highest BCUT2D eigenvalue weighted by Crippen LogP contribution is 2.57. The number of ether oxygens (including phenoxy) is 1. The first-order valence-electron chi connectivity index (χ1n) is 6.35. The van der Waals surface area contributed by atoms with Crippen molar-refractivity contribution in [1.82, 2.24) is 0 Å². The number of nitrogens with two attached hydrogens (primary N) is 1. The second kappa shape index (κ2) is 4.00. The minimum atomic E-state index is -0.630. The lowest BCUT2D eigenvalue weighted by Gasteiger charge is -2.56. The average Bonchev–Trinajstić information content (AvgIpc) is 2.28. The topological polar surface area (TPSA) is 35.2 Å². The summed E-state index contributed by atoms with van der Waals surface area (Å²) in [5.41, 5.74) is 6.31. The molecule has 0 bridgehead atoms. The van der Waals surface area contributed by atoms with Gasteiger partial charge in [-0.3, -0.25) is 0 Å². The van der Waals surface area contributed by atoms with E-state index in [0.717, 1.165) is 45.0 Å². The van der Waals surface area contributed by atoms with Crippen molar-refractivity contribution in [3.63, 3.8) is 0 Å². The van der Waals surface area contributed by atoms with E-state index in [1.165, 1.54) is 12.1 Å². The summed E-state index contributed by atoms with van der Waals surface area (Å²) < 4.78 is 32.0. The minimum absolute atomic E-state index is 0.216. The molecule has 4 heteroatoms. The van der Waals surface area contributed by atoms with E-state index in [1.54, 1.807) is 0 Å². The molecule has 0 atom stereocenters. The Hall–Kier alpha value is -1.00. The zero-order valence-corrected chi connectivity index (χ0v) is 10.2. The van der Waals surface area contributed by atoms with Gasteiger partial charge < -0.3 is 10.5 Å². The van der Waals surface area contributed by atoms with E-state index in [0.29, 0.717) is 5.56 Å². The van der Waals surface area contributed by atoms with Gasteiger partial charge in [-0.25, -0.2) is 8.78 Å². The van der Waals surface area contributed by atoms with Crippen LogP contribution in [0.25, 0.3) is 0 Å². The zero-order valence-electron chi connectivity index (χ0n) is 10.2. The third-order valence-corrected chi connectivity index (χ3v) is 4.40. The smallest absolute Gasteiger partial charge is 0.131 e. The summed E-state index contributed by atoms with van der Waals surface area (Å²) in [6.07, 6.45) is 3.53. The molecule has 1 aliphatic carbocycles. The van der Waals surface area contributed by atoms with Crippen molar-refractivity contribution in [1.29, 1.82) is 0 Å². The molecule has 2 fully saturated rings. The van der Waals surface area contributed by atoms with Crippen LogP contribution >= 0.6 is 0 Å². The van der Waals surface area contributed by atoms with Crippen LogP contribution in [0.1, 0.15) is 31.2 Å². The molecular formula is C14H17F2NO. The van der Waals surface area contributed by atoms with Crippen molar-refractivity contribution >= 4 is 0 Å². The van der Waals surface area contributed by atoms with Gasteiger partial charge in [-0.1, -0.05) is 6.07 Å². The van der Waals surface area contributed by atoms with Crippen LogP contribution in [0.3, 0.4) is 0 Å². The Morgan fingerprint density at radius 3 is 2.39 bits per heavy atom. The van der Waals surface area contributed by atoms with Crippen molar-refractivity contribution in [2.24, 2.45) is 11.1 Å². The molecule has 1 saturated carbocycles. The Balaban J connectivity index is 1.81. The molecule has 98 valence electrons. The highest BCUT2D eigenvalue weighted by molar-refractivity contribution is 5.31. The average molecular weight is 253 g/mol. The summed E-state index contributed by atoms with van der Waals surface area (Å²) in [4.78, 5) is 0. The summed E-state index contributed by atoms with van der Waals surface area (Å²) in [7, 11) is 0. The standard InChI is InChI=1S/C14H17F2NO/c15-10-1-2-11(12(16)7-10)14(17)8-13(9-14)3-5-18-6-4-13/h1-2,7H,3-6,8-9,17H2. The fourth-order valence-corrected chi connectivity index (χ4v) is 3.53. The molecule has 0 radical (unpaired) electrons. The van der Waals surface area contributed by atoms with E-state index in [4.69, 9.17) is 10.5 Å². The fraction of sp³-hybridized carbons (Fsp3) is 0.571. The van der Waals surface area contributed by atoms with Crippen LogP contribution < -0.4 is 5.73 Å². The predicted octanol–water partition coefficient (Wildman–Crippen LogP) is 2.71. The van der Waals surface area contributed by atoms with Crippen LogP contribution in [-0.2, 0) is 10.3 Å². The Morgan fingerprint density at radius 2 is 1.78 bits per heavy atom. The molecule has 1 heterocycles. The number of hydrogen-bond acceptors (Lipinski definition) is 2. The zero-order chi connectivity index (χ0) is 12.8. The number of rotatable bonds is 1. The highest BCUT2D eigenvalue weighted by atomic mass is 19.1. The van der Waals surface area contributed by atoms with E-state index in [2.05, 4.69) is 0 Å². The minimum Gasteiger partial charge on any atom is -0.381 e. The van der Waals surface area contributed by atoms with E-state index in [9.17, 15) is 8.78 Å². The lowest BCUT2D eigenvalue weighted by Crippen LogP contribution is -2.57. The molecule has 1 aliphatic heterocycles. The Labute approximate surface area is 105 Å². The fourth-order valence-electron chi connectivity index (χ4n) is 3.53. The van der Waals surface area contributed by atoms with Gasteiger partial charge in [-0.15, -0.1) is 0 Å². The maximum absolute atomic E-state index is 13.8. The van der Waals surface area contributed by atoms with Crippen molar-refractivity contribution in [2.75, 3.05) is 13.2 Å². The van der Waals surface area contributed by atoms with Gasteiger partial charge in [-0.05, 0) is 37.2 Å². The van der Waals surface area contributed by atoms with E-state index in [1.807, 2.05) is 0 Å². The molecule has 1 spiro atoms. The third-order valence-electron chi connectivity index (χ3n) is 4.40. The maximum atomic E-state index is 13.8. The van der Waals surface area contributed by atoms with Crippen molar-refractivity contribution in [3.8, 4) is 0 Å². The van der Waals surface area contributed by atoms with Gasteiger partial charge in [-0.2, -0.15) is 0 Å². The molecule has 0 aromatic heterocycles. The summed E-state index contributed by atoms with van der Waals surface area (Å²) in [5, 5.41) is 0. The van der Waals surface area contributed by atoms with Gasteiger partial charge in [0, 0.05) is 30.4 Å². The largest absolute Gasteiger partial charge is 0.381 e. The van der Waals surface area contributed by atoms with Gasteiger partial charge in [0.05, 0.1) is 0 Å². The molecule has 0 amide bonds. The monoisotopic (exact) mass is 253 g/mol. The van der Waals surface area contributed by atoms with Crippen molar-refractivity contribution in [3.05, 3.63) is 35.4 Å². The molecule has 18 heavy (non-hydrogen) atoms. The van der Waals surface area contributed by atoms with Crippen LogP contribution in [-0.4, -0.2) is 13.2 Å². The first-order chi connectivity index (χ1) is 8.53. The molecule has 0 unspecified atom stereocenters. The summed E-state index contributed by atoms with van der Waals surface area (Å²) >= 11 is 0. The van der Waals surface area contributed by atoms with E-state index >= 15 is 0 Å². The first kappa shape index (κ1) is 12.1. The number of halogens is 2. The van der Waals surface area contributed by atoms with Crippen LogP contribution in [0.2, 0.25) is 0 Å². The SMILES string of the molecule is NC1(c2ccc(F)cc2F)CC2(CCOCC2)C1. The van der Waals surface area contributed by atoms with Gasteiger partial charge >= 0.3 is 0 Å². The summed E-state index contributed by atoms with van der Waals surface area (Å²) in [6.45, 7) is 1.53. The van der Waals surface area contributed by atoms with Gasteiger partial charge in [0.1, 0.15) is 11.6 Å². The molecule has 2 N–H and O–H groups in total. The Kier molecular flexibility index (Phi) is 2.68. The molecule has 2 aliphatic rings. The lowest BCUT2D eigenvalue weighted by molar-refractivity contribution is -0.0734. The molecule has 1 aromatic carbocycles. The lowest BCUT2D eigenvalue weighted by atomic mass is 9.52. The van der Waals surface area contributed by atoms with Crippen LogP contribution in [0.5, 0.6) is 0 Å². The van der Waals surface area contributed by atoms with Crippen LogP contribution in [0.15, 0.2) is 18.2 Å². The van der Waals surface area contributed by atoms with Gasteiger partial charge in [0.2, 0.25) is 0 Å². The summed E-state index contributed by atoms with van der Waals surface area (Å²) in [5.74, 6) is -1.08. The highest BCUT2D eigenvalue weighted by Gasteiger charge is 2.54. The van der Waals surface area contributed by atoms with Gasteiger partial charge in [0.15, 0.2) is 0 Å². The second-order valence-electron chi connectivity index (χ2n) is 5.75. The molecule has 2 nitrogen and oxygen atoms in total. The quantitative estimate of drug-likeness (QED) is 0.835. The van der Waals surface area contributed by atoms with Crippen molar-refractivity contribution in [2.45, 2.75) is 31.2 Å². The predicted molar refractivity (Wildman–Crippen MR) is 63.9 cm³/mol. The Morgan fingerprint density at radius 1 is 1.11 bits per heavy atom. The normalized spacial score (nSPS) is 24.8. The molecular weight excluding hydrogens is 236 g/mol. The number of hydrogen-bond donors (Lipinski definition) is 1. The summed E-state index contributed by atoms with van der Waals surface area (Å²) in [6, 6.07) is 3.68. The van der Waals surface area contributed by atoms with Gasteiger partial charge in [0.25, 0.3) is 0 Å². The Bertz CT molecular complexity index is 461. The van der Waals surface area contributed by atoms with E-state index in [-0.39, 0.29) is 5.41 Å². The number of benzene rings is 1. The third kappa shape index (κ3) is 1.84. The maximum Gasteiger partial charge on any atom is 0.131 e. The first-order valence-corrected chi connectivity index (χ1v) is 6.35. The van der Waals surface area contributed by atoms with Crippen molar-refractivity contribution < 1.29 is 13.5 Å². The molecule has 3 rings (SSSR count). The van der Waals surface area contributed by atoms with Crippen LogP contribution in [0, 0.1) is 17.0 Å². The second-order valence-corrected chi connectivity index (χ2v) is 5.75. The van der Waals surface area contributed by atoms with Crippen LogP contribution in [0.4, 0.5) is 8.78 Å².